The Morgan fingerprint density at radius 2 is 1.90 bits per heavy atom. The van der Waals surface area contributed by atoms with Gasteiger partial charge in [-0.2, -0.15) is 4.31 Å². The highest BCUT2D eigenvalue weighted by atomic mass is 32.2. The summed E-state index contributed by atoms with van der Waals surface area (Å²) in [4.78, 5) is 12.8. The average molecular weight is 420 g/mol. The van der Waals surface area contributed by atoms with Gasteiger partial charge in [-0.3, -0.25) is 4.79 Å². The lowest BCUT2D eigenvalue weighted by Gasteiger charge is -2.33. The Kier molecular flexibility index (Phi) is 6.43. The smallest absolute Gasteiger partial charge is 0.248 e. The third-order valence-electron chi connectivity index (χ3n) is 5.90. The summed E-state index contributed by atoms with van der Waals surface area (Å²) in [7, 11) is -3.62. The molecule has 1 N–H and O–H groups in total. The number of piperidine rings is 1. The van der Waals surface area contributed by atoms with Gasteiger partial charge in [-0.05, 0) is 50.7 Å². The molecular formula is C21H29N3O4S. The summed E-state index contributed by atoms with van der Waals surface area (Å²) in [5.74, 6) is 0.319. The van der Waals surface area contributed by atoms with Gasteiger partial charge >= 0.3 is 0 Å². The number of nitrogens with one attached hydrogen (secondary N) is 1. The minimum atomic E-state index is -3.62. The molecule has 1 saturated heterocycles. The quantitative estimate of drug-likeness (QED) is 0.777. The maximum absolute atomic E-state index is 12.9. The molecule has 0 unspecified atom stereocenters. The van der Waals surface area contributed by atoms with Crippen molar-refractivity contribution in [1.29, 1.82) is 0 Å². The molecular weight excluding hydrogens is 390 g/mol. The molecule has 0 bridgehead atoms. The van der Waals surface area contributed by atoms with Crippen LogP contribution >= 0.6 is 0 Å². The van der Waals surface area contributed by atoms with E-state index in [1.807, 2.05) is 38.1 Å². The van der Waals surface area contributed by atoms with E-state index in [0.717, 1.165) is 11.1 Å². The van der Waals surface area contributed by atoms with E-state index in [-0.39, 0.29) is 22.6 Å². The fourth-order valence-electron chi connectivity index (χ4n) is 3.95. The van der Waals surface area contributed by atoms with Crippen molar-refractivity contribution >= 4 is 15.9 Å². The first-order valence-electron chi connectivity index (χ1n) is 9.97. The first-order valence-corrected chi connectivity index (χ1v) is 11.4. The van der Waals surface area contributed by atoms with Gasteiger partial charge in [-0.15, -0.1) is 0 Å². The summed E-state index contributed by atoms with van der Waals surface area (Å²) in [6.45, 7) is 8.50. The van der Waals surface area contributed by atoms with Crippen LogP contribution in [-0.4, -0.2) is 36.9 Å². The number of sulfonamides is 1. The summed E-state index contributed by atoms with van der Waals surface area (Å²) in [6, 6.07) is 7.99. The lowest BCUT2D eigenvalue weighted by atomic mass is 9.85. The minimum Gasteiger partial charge on any atom is -0.360 e. The normalized spacial score (nSPS) is 17.2. The lowest BCUT2D eigenvalue weighted by molar-refractivity contribution is -0.126. The van der Waals surface area contributed by atoms with Crippen LogP contribution in [0.5, 0.6) is 0 Å². The Labute approximate surface area is 172 Å². The van der Waals surface area contributed by atoms with Crippen LogP contribution in [0.25, 0.3) is 0 Å². The van der Waals surface area contributed by atoms with Crippen molar-refractivity contribution in [3.8, 4) is 0 Å². The molecule has 0 saturated carbocycles. The van der Waals surface area contributed by atoms with Crippen molar-refractivity contribution in [1.82, 2.24) is 14.8 Å². The SMILES string of the molecule is Cc1ccccc1CNC(=O)[C@@H](C)C1CCN(S(=O)(=O)c2c(C)noc2C)CC1. The van der Waals surface area contributed by atoms with E-state index in [1.54, 1.807) is 13.8 Å². The summed E-state index contributed by atoms with van der Waals surface area (Å²) in [6.07, 6.45) is 1.31. The van der Waals surface area contributed by atoms with Gasteiger partial charge in [0.05, 0.1) is 0 Å². The molecule has 1 aliphatic heterocycles. The van der Waals surface area contributed by atoms with Crippen LogP contribution in [0.2, 0.25) is 0 Å². The Morgan fingerprint density at radius 3 is 2.48 bits per heavy atom. The van der Waals surface area contributed by atoms with Crippen LogP contribution in [0.1, 0.15) is 42.3 Å². The predicted molar refractivity (Wildman–Crippen MR) is 110 cm³/mol. The third kappa shape index (κ3) is 4.53. The van der Waals surface area contributed by atoms with Crippen LogP contribution in [0.4, 0.5) is 0 Å². The molecule has 0 aliphatic carbocycles. The maximum atomic E-state index is 12.9. The Bertz CT molecular complexity index is 956. The topological polar surface area (TPSA) is 92.5 Å². The molecule has 1 aromatic carbocycles. The van der Waals surface area contributed by atoms with Crippen LogP contribution in [-0.2, 0) is 21.4 Å². The molecule has 1 aromatic heterocycles. The molecule has 1 aliphatic rings. The zero-order valence-corrected chi connectivity index (χ0v) is 18.3. The van der Waals surface area contributed by atoms with Gasteiger partial charge in [0, 0.05) is 25.6 Å². The molecule has 29 heavy (non-hydrogen) atoms. The monoisotopic (exact) mass is 419 g/mol. The highest BCUT2D eigenvalue weighted by Gasteiger charge is 2.36. The van der Waals surface area contributed by atoms with Crippen molar-refractivity contribution < 1.29 is 17.7 Å². The lowest BCUT2D eigenvalue weighted by Crippen LogP contribution is -2.42. The van der Waals surface area contributed by atoms with E-state index < -0.39 is 10.0 Å². The molecule has 3 rings (SSSR count). The van der Waals surface area contributed by atoms with Crippen LogP contribution in [0.3, 0.4) is 0 Å². The van der Waals surface area contributed by atoms with Crippen molar-refractivity contribution in [2.75, 3.05) is 13.1 Å². The largest absolute Gasteiger partial charge is 0.360 e. The Balaban J connectivity index is 1.57. The number of aromatic nitrogens is 1. The number of benzene rings is 1. The van der Waals surface area contributed by atoms with Gasteiger partial charge in [-0.25, -0.2) is 8.42 Å². The molecule has 0 spiro atoms. The second-order valence-corrected chi connectivity index (χ2v) is 9.70. The molecule has 1 fully saturated rings. The van der Waals surface area contributed by atoms with Crippen molar-refractivity contribution in [3.05, 3.63) is 46.8 Å². The van der Waals surface area contributed by atoms with E-state index in [1.165, 1.54) is 4.31 Å². The zero-order valence-electron chi connectivity index (χ0n) is 17.4. The fraction of sp³-hybridized carbons (Fsp3) is 0.524. The first-order chi connectivity index (χ1) is 13.7. The molecule has 7 nitrogen and oxygen atoms in total. The highest BCUT2D eigenvalue weighted by molar-refractivity contribution is 7.89. The molecule has 2 aromatic rings. The van der Waals surface area contributed by atoms with Gasteiger partial charge < -0.3 is 9.84 Å². The van der Waals surface area contributed by atoms with E-state index in [0.29, 0.717) is 43.9 Å². The zero-order chi connectivity index (χ0) is 21.2. The summed E-state index contributed by atoms with van der Waals surface area (Å²) in [5.41, 5.74) is 2.64. The summed E-state index contributed by atoms with van der Waals surface area (Å²) < 4.78 is 32.4. The van der Waals surface area contributed by atoms with Crippen molar-refractivity contribution in [3.63, 3.8) is 0 Å². The van der Waals surface area contributed by atoms with E-state index in [2.05, 4.69) is 10.5 Å². The number of aryl methyl sites for hydroxylation is 3. The second kappa shape index (κ2) is 8.67. The van der Waals surface area contributed by atoms with Crippen molar-refractivity contribution in [2.24, 2.45) is 11.8 Å². The number of hydrogen-bond acceptors (Lipinski definition) is 5. The number of amides is 1. The van der Waals surface area contributed by atoms with Gasteiger partial charge in [0.1, 0.15) is 10.6 Å². The summed E-state index contributed by atoms with van der Waals surface area (Å²) in [5, 5.41) is 6.79. The van der Waals surface area contributed by atoms with E-state index in [9.17, 15) is 13.2 Å². The van der Waals surface area contributed by atoms with E-state index >= 15 is 0 Å². The molecule has 2 heterocycles. The van der Waals surface area contributed by atoms with Gasteiger partial charge in [-0.1, -0.05) is 36.3 Å². The van der Waals surface area contributed by atoms with E-state index in [4.69, 9.17) is 4.52 Å². The van der Waals surface area contributed by atoms with Gasteiger partial charge in [0.25, 0.3) is 0 Å². The Hall–Kier alpha value is -2.19. The standard InChI is InChI=1S/C21H29N3O4S/c1-14-7-5-6-8-19(14)13-22-21(25)15(2)18-9-11-24(12-10-18)29(26,27)20-16(3)23-28-17(20)4/h5-8,15,18H,9-13H2,1-4H3,(H,22,25)/t15-/m0/s1. The highest BCUT2D eigenvalue weighted by Crippen LogP contribution is 2.30. The predicted octanol–water partition coefficient (Wildman–Crippen LogP) is 2.95. The summed E-state index contributed by atoms with van der Waals surface area (Å²) >= 11 is 0. The third-order valence-corrected chi connectivity index (χ3v) is 8.04. The minimum absolute atomic E-state index is 0.0142. The van der Waals surface area contributed by atoms with Crippen LogP contribution in [0, 0.1) is 32.6 Å². The number of rotatable bonds is 6. The molecule has 1 atom stereocenters. The van der Waals surface area contributed by atoms with Gasteiger partial charge in [0.2, 0.25) is 15.9 Å². The number of carbonyl (C=O) groups is 1. The van der Waals surface area contributed by atoms with Crippen molar-refractivity contribution in [2.45, 2.75) is 52.0 Å². The fourth-order valence-corrected chi connectivity index (χ4v) is 5.71. The number of hydrogen-bond donors (Lipinski definition) is 1. The van der Waals surface area contributed by atoms with Crippen LogP contribution in [0.15, 0.2) is 33.7 Å². The number of nitrogens with zero attached hydrogens (tertiary/aromatic N) is 2. The molecule has 8 heteroatoms. The first kappa shape index (κ1) is 21.5. The van der Waals surface area contributed by atoms with Crippen LogP contribution < -0.4 is 5.32 Å². The van der Waals surface area contributed by atoms with Gasteiger partial charge in [0.15, 0.2) is 5.76 Å². The number of carbonyl (C=O) groups excluding carboxylic acids is 1. The maximum Gasteiger partial charge on any atom is 0.248 e. The molecule has 158 valence electrons. The molecule has 0 radical (unpaired) electrons. The average Bonchev–Trinajstić information content (AvgIpc) is 3.05. The molecule has 1 amide bonds. The second-order valence-electron chi connectivity index (χ2n) is 7.83. The Morgan fingerprint density at radius 1 is 1.24 bits per heavy atom.